The van der Waals surface area contributed by atoms with Crippen molar-refractivity contribution in [3.8, 4) is 17.2 Å². The van der Waals surface area contributed by atoms with Gasteiger partial charge in [0.15, 0.2) is 0 Å². The summed E-state index contributed by atoms with van der Waals surface area (Å²) < 4.78 is 52.4. The highest BCUT2D eigenvalue weighted by atomic mass is 35.5. The highest BCUT2D eigenvalue weighted by Crippen LogP contribution is 2.44. The normalized spacial score (nSPS) is 13.0. The molecule has 1 atom stereocenters. The molecule has 0 radical (unpaired) electrons. The van der Waals surface area contributed by atoms with Crippen molar-refractivity contribution in [2.24, 2.45) is 0 Å². The molecule has 1 unspecified atom stereocenters. The lowest BCUT2D eigenvalue weighted by Crippen LogP contribution is -2.12. The van der Waals surface area contributed by atoms with Gasteiger partial charge in [0.25, 0.3) is 0 Å². The summed E-state index contributed by atoms with van der Waals surface area (Å²) in [5.41, 5.74) is 0.157. The third-order valence-corrected chi connectivity index (χ3v) is 2.85. The van der Waals surface area contributed by atoms with Gasteiger partial charge in [-0.3, -0.25) is 0 Å². The Hall–Kier alpha value is -1.30. The van der Waals surface area contributed by atoms with Crippen LogP contribution < -0.4 is 14.2 Å². The standard InChI is InChI=1S/C12H14ClF3O3/c1-17-7-4-9(18-2)11(10(5-7)19-3)8(13)6-12(14,15)16/h4-5,8H,6H2,1-3H3. The number of benzene rings is 1. The third kappa shape index (κ3) is 4.09. The van der Waals surface area contributed by atoms with Crippen LogP contribution in [0.2, 0.25) is 0 Å². The molecule has 7 heteroatoms. The van der Waals surface area contributed by atoms with E-state index in [1.54, 1.807) is 0 Å². The minimum absolute atomic E-state index is 0.157. The van der Waals surface area contributed by atoms with Crippen LogP contribution in [0.4, 0.5) is 13.2 Å². The molecule has 0 N–H and O–H groups in total. The Kier molecular flexibility index (Phi) is 5.17. The van der Waals surface area contributed by atoms with Crippen molar-refractivity contribution >= 4 is 11.6 Å². The lowest BCUT2D eigenvalue weighted by Gasteiger charge is -2.19. The smallest absolute Gasteiger partial charge is 0.390 e. The van der Waals surface area contributed by atoms with Gasteiger partial charge < -0.3 is 14.2 Å². The number of methoxy groups -OCH3 is 3. The Morgan fingerprint density at radius 1 is 1.05 bits per heavy atom. The maximum absolute atomic E-state index is 12.4. The first-order valence-electron chi connectivity index (χ1n) is 5.33. The minimum atomic E-state index is -4.37. The molecule has 0 aromatic heterocycles. The second-order valence-corrected chi connectivity index (χ2v) is 4.26. The Balaban J connectivity index is 3.23. The first kappa shape index (κ1) is 15.8. The zero-order valence-corrected chi connectivity index (χ0v) is 11.4. The average molecular weight is 299 g/mol. The van der Waals surface area contributed by atoms with Gasteiger partial charge in [-0.1, -0.05) is 0 Å². The molecule has 0 aliphatic heterocycles. The van der Waals surface area contributed by atoms with Crippen molar-refractivity contribution < 1.29 is 27.4 Å². The molecule has 0 amide bonds. The monoisotopic (exact) mass is 298 g/mol. The van der Waals surface area contributed by atoms with E-state index in [2.05, 4.69) is 0 Å². The zero-order chi connectivity index (χ0) is 14.6. The fourth-order valence-corrected chi connectivity index (χ4v) is 2.04. The third-order valence-electron chi connectivity index (χ3n) is 2.48. The van der Waals surface area contributed by atoms with E-state index in [4.69, 9.17) is 25.8 Å². The van der Waals surface area contributed by atoms with Crippen molar-refractivity contribution in [2.45, 2.75) is 18.0 Å². The van der Waals surface area contributed by atoms with E-state index in [1.807, 2.05) is 0 Å². The topological polar surface area (TPSA) is 27.7 Å². The molecule has 1 aromatic carbocycles. The first-order valence-corrected chi connectivity index (χ1v) is 5.76. The van der Waals surface area contributed by atoms with Gasteiger partial charge in [-0.25, -0.2) is 0 Å². The molecule has 0 saturated heterocycles. The lowest BCUT2D eigenvalue weighted by atomic mass is 10.1. The van der Waals surface area contributed by atoms with Gasteiger partial charge in [0.1, 0.15) is 17.2 Å². The molecule has 19 heavy (non-hydrogen) atoms. The summed E-state index contributed by atoms with van der Waals surface area (Å²) in [4.78, 5) is 0. The van der Waals surface area contributed by atoms with Gasteiger partial charge in [0.2, 0.25) is 0 Å². The number of hydrogen-bond donors (Lipinski definition) is 0. The van der Waals surface area contributed by atoms with Gasteiger partial charge in [-0.05, 0) is 0 Å². The predicted molar refractivity (Wildman–Crippen MR) is 65.4 cm³/mol. The van der Waals surface area contributed by atoms with E-state index in [-0.39, 0.29) is 17.1 Å². The molecule has 0 spiro atoms. The Morgan fingerprint density at radius 3 is 1.84 bits per heavy atom. The summed E-state index contributed by atoms with van der Waals surface area (Å²) in [5, 5.41) is -1.30. The maximum Gasteiger partial charge on any atom is 0.390 e. The molecule has 0 heterocycles. The van der Waals surface area contributed by atoms with Crippen molar-refractivity contribution in [2.75, 3.05) is 21.3 Å². The SMILES string of the molecule is COc1cc(OC)c(C(Cl)CC(F)(F)F)c(OC)c1. The Labute approximate surface area is 114 Å². The van der Waals surface area contributed by atoms with E-state index in [0.717, 1.165) is 0 Å². The second-order valence-electron chi connectivity index (χ2n) is 3.73. The minimum Gasteiger partial charge on any atom is -0.496 e. The van der Waals surface area contributed by atoms with Crippen LogP contribution in [0.5, 0.6) is 17.2 Å². The van der Waals surface area contributed by atoms with Crippen LogP contribution in [0.3, 0.4) is 0 Å². The molecule has 108 valence electrons. The van der Waals surface area contributed by atoms with Crippen molar-refractivity contribution in [1.82, 2.24) is 0 Å². The van der Waals surface area contributed by atoms with Crippen LogP contribution in [0.25, 0.3) is 0 Å². The number of rotatable bonds is 5. The lowest BCUT2D eigenvalue weighted by molar-refractivity contribution is -0.134. The highest BCUT2D eigenvalue weighted by molar-refractivity contribution is 6.21. The first-order chi connectivity index (χ1) is 8.82. The molecule has 0 aliphatic carbocycles. The molecule has 1 rings (SSSR count). The summed E-state index contributed by atoms with van der Waals surface area (Å²) in [5.74, 6) is 0.800. The predicted octanol–water partition coefficient (Wildman–Crippen LogP) is 3.94. The van der Waals surface area contributed by atoms with E-state index >= 15 is 0 Å². The van der Waals surface area contributed by atoms with Crippen LogP contribution in [0, 0.1) is 0 Å². The molecule has 0 saturated carbocycles. The van der Waals surface area contributed by atoms with Crippen molar-refractivity contribution in [1.29, 1.82) is 0 Å². The molecular formula is C12H14ClF3O3. The van der Waals surface area contributed by atoms with Gasteiger partial charge in [0, 0.05) is 12.1 Å². The number of halogens is 4. The zero-order valence-electron chi connectivity index (χ0n) is 10.7. The molecule has 0 fully saturated rings. The van der Waals surface area contributed by atoms with Gasteiger partial charge >= 0.3 is 6.18 Å². The molecule has 0 aliphatic rings. The van der Waals surface area contributed by atoms with Crippen LogP contribution in [-0.2, 0) is 0 Å². The Morgan fingerprint density at radius 2 is 1.53 bits per heavy atom. The quantitative estimate of drug-likeness (QED) is 0.771. The van der Waals surface area contributed by atoms with E-state index in [0.29, 0.717) is 5.75 Å². The second kappa shape index (κ2) is 6.23. The van der Waals surface area contributed by atoms with Crippen molar-refractivity contribution in [3.63, 3.8) is 0 Å². The van der Waals surface area contributed by atoms with E-state index in [9.17, 15) is 13.2 Å². The summed E-state index contributed by atoms with van der Waals surface area (Å²) in [6.07, 6.45) is -5.55. The summed E-state index contributed by atoms with van der Waals surface area (Å²) in [6.45, 7) is 0. The molecule has 1 aromatic rings. The van der Waals surface area contributed by atoms with Crippen molar-refractivity contribution in [3.05, 3.63) is 17.7 Å². The van der Waals surface area contributed by atoms with Crippen LogP contribution in [0.15, 0.2) is 12.1 Å². The van der Waals surface area contributed by atoms with Gasteiger partial charge in [-0.2, -0.15) is 13.2 Å². The average Bonchev–Trinajstić information content (AvgIpc) is 2.34. The molecular weight excluding hydrogens is 285 g/mol. The number of hydrogen-bond acceptors (Lipinski definition) is 3. The summed E-state index contributed by atoms with van der Waals surface area (Å²) in [6, 6.07) is 2.92. The summed E-state index contributed by atoms with van der Waals surface area (Å²) in [7, 11) is 4.12. The van der Waals surface area contributed by atoms with Gasteiger partial charge in [-0.15, -0.1) is 11.6 Å². The largest absolute Gasteiger partial charge is 0.496 e. The number of ether oxygens (including phenoxy) is 3. The van der Waals surface area contributed by atoms with Crippen LogP contribution in [0.1, 0.15) is 17.4 Å². The van der Waals surface area contributed by atoms with Gasteiger partial charge in [0.05, 0.1) is 38.7 Å². The Bertz CT molecular complexity index is 410. The summed E-state index contributed by atoms with van der Waals surface area (Å²) >= 11 is 5.83. The fourth-order valence-electron chi connectivity index (χ4n) is 1.65. The van der Waals surface area contributed by atoms with Crippen LogP contribution >= 0.6 is 11.6 Å². The fraction of sp³-hybridized carbons (Fsp3) is 0.500. The van der Waals surface area contributed by atoms with E-state index in [1.165, 1.54) is 33.5 Å². The van der Waals surface area contributed by atoms with Crippen LogP contribution in [-0.4, -0.2) is 27.5 Å². The van der Waals surface area contributed by atoms with E-state index < -0.39 is 18.0 Å². The number of alkyl halides is 4. The maximum atomic E-state index is 12.4. The highest BCUT2D eigenvalue weighted by Gasteiger charge is 2.34. The molecule has 3 nitrogen and oxygen atoms in total. The molecule has 0 bridgehead atoms.